The molecule has 6 aromatic rings. The maximum absolute atomic E-state index is 13.0. The molecule has 0 spiro atoms. The second-order valence-corrected chi connectivity index (χ2v) is 9.69. The summed E-state index contributed by atoms with van der Waals surface area (Å²) in [5, 5.41) is 6.75. The number of nitrogens with zero attached hydrogens (tertiary/aromatic N) is 2. The topological polar surface area (TPSA) is 46.4 Å². The summed E-state index contributed by atoms with van der Waals surface area (Å²) in [5.74, 6) is -0.328. The fourth-order valence-electron chi connectivity index (χ4n) is 4.49. The second kappa shape index (κ2) is 9.46. The third-order valence-corrected chi connectivity index (χ3v) is 7.75. The molecule has 174 valence electrons. The molecule has 2 aromatic heterocycles. The summed E-state index contributed by atoms with van der Waals surface area (Å²) >= 11 is 7.86. The lowest BCUT2D eigenvalue weighted by Crippen LogP contribution is -2.16. The first-order valence-corrected chi connectivity index (χ1v) is 12.7. The maximum atomic E-state index is 13.0. The zero-order valence-corrected chi connectivity index (χ0v) is 20.6. The first-order valence-electron chi connectivity index (χ1n) is 11.5. The van der Waals surface area contributed by atoms with Gasteiger partial charge in [-0.3, -0.25) is 4.79 Å². The van der Waals surface area contributed by atoms with E-state index in [1.165, 1.54) is 11.3 Å². The molecule has 0 fully saturated rings. The van der Waals surface area contributed by atoms with Gasteiger partial charge in [-0.15, -0.1) is 11.3 Å². The van der Waals surface area contributed by atoms with Crippen LogP contribution in [0.1, 0.15) is 15.2 Å². The van der Waals surface area contributed by atoms with Gasteiger partial charge in [0.25, 0.3) is 5.91 Å². The molecule has 0 bridgehead atoms. The fourth-order valence-corrected chi connectivity index (χ4v) is 5.89. The molecule has 1 N–H and O–H groups in total. The molecule has 0 radical (unpaired) electrons. The number of hydrazone groups is 1. The molecule has 6 rings (SSSR count). The van der Waals surface area contributed by atoms with E-state index in [4.69, 9.17) is 11.6 Å². The van der Waals surface area contributed by atoms with Crippen LogP contribution in [0, 0.1) is 0 Å². The van der Waals surface area contributed by atoms with E-state index in [1.54, 1.807) is 6.21 Å². The van der Waals surface area contributed by atoms with Crippen LogP contribution in [0.15, 0.2) is 114 Å². The lowest BCUT2D eigenvalue weighted by Gasteiger charge is -2.12. The predicted octanol–water partition coefficient (Wildman–Crippen LogP) is 7.93. The highest BCUT2D eigenvalue weighted by Gasteiger charge is 2.19. The van der Waals surface area contributed by atoms with Crippen molar-refractivity contribution < 1.29 is 4.79 Å². The number of halogens is 1. The molecule has 4 nitrogen and oxygen atoms in total. The van der Waals surface area contributed by atoms with Crippen molar-refractivity contribution in [1.82, 2.24) is 9.99 Å². The highest BCUT2D eigenvalue weighted by atomic mass is 35.5. The van der Waals surface area contributed by atoms with E-state index in [-0.39, 0.29) is 5.91 Å². The number of carbonyl (C=O) groups is 1. The number of fused-ring (bicyclic) bond motifs is 2. The van der Waals surface area contributed by atoms with Gasteiger partial charge in [-0.25, -0.2) is 5.43 Å². The highest BCUT2D eigenvalue weighted by Crippen LogP contribution is 2.36. The summed E-state index contributed by atoms with van der Waals surface area (Å²) in [5.41, 5.74) is 7.77. The van der Waals surface area contributed by atoms with Crippen molar-refractivity contribution in [1.29, 1.82) is 0 Å². The van der Waals surface area contributed by atoms with Crippen LogP contribution in [0.4, 0.5) is 0 Å². The summed E-state index contributed by atoms with van der Waals surface area (Å²) in [4.78, 5) is 13.4. The Morgan fingerprint density at radius 2 is 1.44 bits per heavy atom. The zero-order chi connectivity index (χ0) is 24.5. The number of para-hydroxylation sites is 2. The van der Waals surface area contributed by atoms with Crippen LogP contribution in [-0.4, -0.2) is 16.7 Å². The molecule has 2 heterocycles. The Kier molecular flexibility index (Phi) is 5.85. The Labute approximate surface area is 217 Å². The van der Waals surface area contributed by atoms with Crippen molar-refractivity contribution in [2.24, 2.45) is 5.10 Å². The number of thiophene rings is 1. The van der Waals surface area contributed by atoms with E-state index in [2.05, 4.69) is 51.5 Å². The third-order valence-electron chi connectivity index (χ3n) is 6.08. The molecule has 0 saturated heterocycles. The average molecular weight is 506 g/mol. The van der Waals surface area contributed by atoms with Crippen molar-refractivity contribution in [2.45, 2.75) is 0 Å². The summed E-state index contributed by atoms with van der Waals surface area (Å²) in [6, 6.07) is 36.4. The van der Waals surface area contributed by atoms with Crippen LogP contribution in [0.2, 0.25) is 5.02 Å². The number of benzene rings is 4. The average Bonchev–Trinajstić information content (AvgIpc) is 3.45. The van der Waals surface area contributed by atoms with Gasteiger partial charge < -0.3 is 4.57 Å². The van der Waals surface area contributed by atoms with Gasteiger partial charge >= 0.3 is 0 Å². The SMILES string of the molecule is O=C(NN=Cc1c(-c2ccccc2)n(-c2ccccc2)c2ccccc12)c1sc2ccccc2c1Cl. The number of rotatable bonds is 5. The van der Waals surface area contributed by atoms with Crippen molar-refractivity contribution >= 4 is 56.0 Å². The number of hydrogen-bond donors (Lipinski definition) is 1. The largest absolute Gasteiger partial charge is 0.309 e. The van der Waals surface area contributed by atoms with E-state index in [0.29, 0.717) is 9.90 Å². The van der Waals surface area contributed by atoms with Gasteiger partial charge in [0.05, 0.1) is 22.4 Å². The molecular formula is C30H20ClN3OS. The van der Waals surface area contributed by atoms with Gasteiger partial charge in [0.2, 0.25) is 0 Å². The van der Waals surface area contributed by atoms with Crippen LogP contribution in [0.5, 0.6) is 0 Å². The van der Waals surface area contributed by atoms with Crippen molar-refractivity contribution in [3.05, 3.63) is 125 Å². The van der Waals surface area contributed by atoms with Crippen LogP contribution in [0.3, 0.4) is 0 Å². The van der Waals surface area contributed by atoms with E-state index in [0.717, 1.165) is 43.5 Å². The van der Waals surface area contributed by atoms with Gasteiger partial charge in [0.1, 0.15) is 4.88 Å². The molecular weight excluding hydrogens is 486 g/mol. The van der Waals surface area contributed by atoms with Gasteiger partial charge in [0.15, 0.2) is 0 Å². The summed E-state index contributed by atoms with van der Waals surface area (Å²) in [7, 11) is 0. The minimum absolute atomic E-state index is 0.328. The molecule has 0 atom stereocenters. The summed E-state index contributed by atoms with van der Waals surface area (Å²) in [6.07, 6.45) is 1.73. The number of aromatic nitrogens is 1. The molecule has 0 saturated carbocycles. The van der Waals surface area contributed by atoms with Gasteiger partial charge in [-0.1, -0.05) is 96.5 Å². The zero-order valence-electron chi connectivity index (χ0n) is 19.1. The van der Waals surface area contributed by atoms with Gasteiger partial charge in [0, 0.05) is 26.7 Å². The monoisotopic (exact) mass is 505 g/mol. The summed E-state index contributed by atoms with van der Waals surface area (Å²) in [6.45, 7) is 0. The predicted molar refractivity (Wildman–Crippen MR) is 151 cm³/mol. The number of carbonyl (C=O) groups excluding carboxylic acids is 1. The normalized spacial score (nSPS) is 11.5. The molecule has 0 aliphatic rings. The first-order chi connectivity index (χ1) is 17.7. The van der Waals surface area contributed by atoms with Crippen molar-refractivity contribution in [2.75, 3.05) is 0 Å². The molecule has 0 aliphatic heterocycles. The summed E-state index contributed by atoms with van der Waals surface area (Å²) < 4.78 is 3.20. The van der Waals surface area contributed by atoms with E-state index in [9.17, 15) is 4.79 Å². The van der Waals surface area contributed by atoms with Crippen LogP contribution in [0.25, 0.3) is 37.9 Å². The van der Waals surface area contributed by atoms with Crippen LogP contribution >= 0.6 is 22.9 Å². The first kappa shape index (κ1) is 22.3. The van der Waals surface area contributed by atoms with Crippen molar-refractivity contribution in [3.63, 3.8) is 0 Å². The highest BCUT2D eigenvalue weighted by molar-refractivity contribution is 7.21. The Balaban J connectivity index is 1.45. The minimum Gasteiger partial charge on any atom is -0.309 e. The van der Waals surface area contributed by atoms with E-state index < -0.39 is 0 Å². The minimum atomic E-state index is -0.328. The quantitative estimate of drug-likeness (QED) is 0.188. The Hall–Kier alpha value is -4.19. The van der Waals surface area contributed by atoms with E-state index >= 15 is 0 Å². The molecule has 1 amide bonds. The van der Waals surface area contributed by atoms with Crippen LogP contribution in [-0.2, 0) is 0 Å². The Morgan fingerprint density at radius 3 is 2.19 bits per heavy atom. The van der Waals surface area contributed by atoms with Gasteiger partial charge in [-0.05, 0) is 29.8 Å². The lowest BCUT2D eigenvalue weighted by molar-refractivity contribution is 0.0959. The number of hydrogen-bond acceptors (Lipinski definition) is 3. The standard InChI is InChI=1S/C30H20ClN3OS/c31-27-23-16-8-10-18-26(23)36-29(27)30(35)33-32-19-24-22-15-7-9-17-25(22)34(21-13-5-2-6-14-21)28(24)20-11-3-1-4-12-20/h1-19H,(H,33,35). The fraction of sp³-hybridized carbons (Fsp3) is 0. The van der Waals surface area contributed by atoms with Crippen molar-refractivity contribution in [3.8, 4) is 16.9 Å². The number of nitrogens with one attached hydrogen (secondary N) is 1. The van der Waals surface area contributed by atoms with Crippen LogP contribution < -0.4 is 5.43 Å². The van der Waals surface area contributed by atoms with E-state index in [1.807, 2.05) is 72.8 Å². The molecule has 0 aliphatic carbocycles. The van der Waals surface area contributed by atoms with Gasteiger partial charge in [-0.2, -0.15) is 5.10 Å². The Bertz CT molecular complexity index is 1740. The number of amides is 1. The lowest BCUT2D eigenvalue weighted by atomic mass is 10.1. The molecule has 36 heavy (non-hydrogen) atoms. The smallest absolute Gasteiger partial charge is 0.283 e. The molecule has 0 unspecified atom stereocenters. The maximum Gasteiger partial charge on any atom is 0.283 e. The second-order valence-electron chi connectivity index (χ2n) is 8.26. The molecule has 6 heteroatoms. The third kappa shape index (κ3) is 3.88. The molecule has 4 aromatic carbocycles. The Morgan fingerprint density at radius 1 is 0.806 bits per heavy atom.